The zero-order valence-corrected chi connectivity index (χ0v) is 15.7. The summed E-state index contributed by atoms with van der Waals surface area (Å²) in [6.07, 6.45) is -1.82. The molecule has 7 nitrogen and oxygen atoms in total. The van der Waals surface area contributed by atoms with Crippen LogP contribution in [-0.4, -0.2) is 28.9 Å². The van der Waals surface area contributed by atoms with Crippen LogP contribution in [-0.2, 0) is 0 Å². The number of rotatable bonds is 5. The lowest BCUT2D eigenvalue weighted by atomic mass is 10.2. The molecule has 0 aliphatic carbocycles. The maximum Gasteiger partial charge on any atom is 0.573 e. The van der Waals surface area contributed by atoms with Crippen molar-refractivity contribution in [2.45, 2.75) is 13.3 Å². The highest BCUT2D eigenvalue weighted by molar-refractivity contribution is 6.33. The molecule has 0 saturated heterocycles. The molecule has 0 radical (unpaired) electrons. The van der Waals surface area contributed by atoms with Crippen molar-refractivity contribution in [2.75, 3.05) is 17.2 Å². The Kier molecular flexibility index (Phi) is 5.92. The Morgan fingerprint density at radius 3 is 2.48 bits per heavy atom. The minimum atomic E-state index is -4.80. The van der Waals surface area contributed by atoms with Gasteiger partial charge in [0, 0.05) is 18.0 Å². The molecule has 3 aromatic rings. The Morgan fingerprint density at radius 2 is 1.83 bits per heavy atom. The Morgan fingerprint density at radius 1 is 1.14 bits per heavy atom. The molecule has 1 aromatic carbocycles. The normalized spacial score (nSPS) is 11.2. The van der Waals surface area contributed by atoms with E-state index in [0.717, 1.165) is 12.1 Å². The first-order valence-electron chi connectivity index (χ1n) is 8.36. The number of nitrogens with one attached hydrogen (secondary N) is 3. The molecule has 2 heterocycles. The van der Waals surface area contributed by atoms with Gasteiger partial charge in [-0.05, 0) is 31.2 Å². The number of fused-ring (bicyclic) bond motifs is 1. The molecule has 152 valence electrons. The van der Waals surface area contributed by atoms with E-state index in [4.69, 9.17) is 11.6 Å². The number of hydrogen-bond acceptors (Lipinski definition) is 5. The summed E-state index contributed by atoms with van der Waals surface area (Å²) >= 11 is 6.04. The lowest BCUT2D eigenvalue weighted by molar-refractivity contribution is -0.274. The fourth-order valence-electron chi connectivity index (χ4n) is 2.45. The van der Waals surface area contributed by atoms with Gasteiger partial charge in [0.25, 0.3) is 0 Å². The first-order chi connectivity index (χ1) is 13.7. The lowest BCUT2D eigenvalue weighted by Gasteiger charge is -2.12. The van der Waals surface area contributed by atoms with Crippen LogP contribution < -0.4 is 20.7 Å². The summed E-state index contributed by atoms with van der Waals surface area (Å²) in [6.45, 7) is 2.28. The van der Waals surface area contributed by atoms with Gasteiger partial charge in [-0.25, -0.2) is 14.8 Å². The molecule has 2 aromatic heterocycles. The predicted molar refractivity (Wildman–Crippen MR) is 104 cm³/mol. The summed E-state index contributed by atoms with van der Waals surface area (Å²) in [5.41, 5.74) is 1.83. The second kappa shape index (κ2) is 8.39. The van der Waals surface area contributed by atoms with Gasteiger partial charge in [0.2, 0.25) is 0 Å². The fraction of sp³-hybridized carbons (Fsp3) is 0.167. The van der Waals surface area contributed by atoms with Gasteiger partial charge in [-0.1, -0.05) is 11.6 Å². The van der Waals surface area contributed by atoms with Gasteiger partial charge in [0.05, 0.1) is 34.5 Å². The van der Waals surface area contributed by atoms with Crippen LogP contribution in [0.1, 0.15) is 6.92 Å². The van der Waals surface area contributed by atoms with Crippen LogP contribution in [0.4, 0.5) is 35.0 Å². The summed E-state index contributed by atoms with van der Waals surface area (Å²) in [4.78, 5) is 20.0. The number of amides is 2. The third kappa shape index (κ3) is 5.61. The van der Waals surface area contributed by atoms with Crippen LogP contribution in [0, 0.1) is 0 Å². The maximum atomic E-state index is 12.3. The summed E-state index contributed by atoms with van der Waals surface area (Å²) < 4.78 is 40.7. The molecule has 3 N–H and O–H groups in total. The molecule has 0 atom stereocenters. The van der Waals surface area contributed by atoms with E-state index in [0.29, 0.717) is 34.6 Å². The van der Waals surface area contributed by atoms with Crippen LogP contribution in [0.15, 0.2) is 42.7 Å². The number of urea groups is 1. The van der Waals surface area contributed by atoms with Gasteiger partial charge in [-0.15, -0.1) is 13.2 Å². The van der Waals surface area contributed by atoms with Crippen LogP contribution in [0.25, 0.3) is 11.0 Å². The lowest BCUT2D eigenvalue weighted by Crippen LogP contribution is -2.28. The third-order valence-electron chi connectivity index (χ3n) is 3.58. The molecule has 0 spiro atoms. The van der Waals surface area contributed by atoms with Crippen molar-refractivity contribution in [1.29, 1.82) is 0 Å². The molecule has 0 saturated carbocycles. The molecule has 0 bridgehead atoms. The SMILES string of the molecule is CCNC(=O)Nc1cnc2ncc(Nc3ccc(OC(F)(F)F)cc3Cl)cc2c1. The van der Waals surface area contributed by atoms with E-state index in [1.165, 1.54) is 18.5 Å². The highest BCUT2D eigenvalue weighted by atomic mass is 35.5. The Bertz CT molecular complexity index is 1050. The van der Waals surface area contributed by atoms with E-state index in [-0.39, 0.29) is 11.1 Å². The van der Waals surface area contributed by atoms with Crippen molar-refractivity contribution < 1.29 is 22.7 Å². The number of anilines is 3. The van der Waals surface area contributed by atoms with Gasteiger partial charge in [0.1, 0.15) is 5.75 Å². The summed E-state index contributed by atoms with van der Waals surface area (Å²) in [5, 5.41) is 8.91. The van der Waals surface area contributed by atoms with Crippen molar-refractivity contribution in [1.82, 2.24) is 15.3 Å². The number of carbonyl (C=O) groups excluding carboxylic acids is 1. The Labute approximate surface area is 168 Å². The number of ether oxygens (including phenoxy) is 1. The van der Waals surface area contributed by atoms with Crippen LogP contribution in [0.2, 0.25) is 5.02 Å². The second-order valence-electron chi connectivity index (χ2n) is 5.79. The van der Waals surface area contributed by atoms with Gasteiger partial charge in [-0.3, -0.25) is 0 Å². The topological polar surface area (TPSA) is 88.2 Å². The van der Waals surface area contributed by atoms with E-state index in [1.54, 1.807) is 19.1 Å². The Balaban J connectivity index is 1.80. The van der Waals surface area contributed by atoms with Crippen molar-refractivity contribution >= 4 is 45.7 Å². The van der Waals surface area contributed by atoms with Crippen molar-refractivity contribution in [3.63, 3.8) is 0 Å². The molecule has 0 unspecified atom stereocenters. The molecule has 2 amide bonds. The number of alkyl halides is 3. The standard InChI is InChI=1S/C18H15ClF3N5O2/c1-2-23-17(28)27-12-6-10-5-11(8-24-16(10)25-9-12)26-15-4-3-13(7-14(15)19)29-18(20,21)22/h3-9,26H,2H2,1H3,(H2,23,27,28). The number of carbonyl (C=O) groups is 1. The van der Waals surface area contributed by atoms with E-state index in [9.17, 15) is 18.0 Å². The van der Waals surface area contributed by atoms with Gasteiger partial charge in [-0.2, -0.15) is 0 Å². The van der Waals surface area contributed by atoms with Crippen molar-refractivity contribution in [2.24, 2.45) is 0 Å². The average Bonchev–Trinajstić information content (AvgIpc) is 2.62. The monoisotopic (exact) mass is 425 g/mol. The van der Waals surface area contributed by atoms with Crippen LogP contribution in [0.5, 0.6) is 5.75 Å². The minimum absolute atomic E-state index is 0.0385. The van der Waals surface area contributed by atoms with E-state index >= 15 is 0 Å². The maximum absolute atomic E-state index is 12.3. The third-order valence-corrected chi connectivity index (χ3v) is 3.89. The molecule has 3 rings (SSSR count). The molecule has 11 heteroatoms. The van der Waals surface area contributed by atoms with E-state index in [1.807, 2.05) is 0 Å². The summed E-state index contributed by atoms with van der Waals surface area (Å²) in [6, 6.07) is 6.61. The molecule has 0 aliphatic heterocycles. The minimum Gasteiger partial charge on any atom is -0.406 e. The zero-order chi connectivity index (χ0) is 21.0. The van der Waals surface area contributed by atoms with Crippen LogP contribution in [0.3, 0.4) is 0 Å². The number of benzene rings is 1. The van der Waals surface area contributed by atoms with E-state index in [2.05, 4.69) is 30.7 Å². The fourth-order valence-corrected chi connectivity index (χ4v) is 2.66. The molecular weight excluding hydrogens is 411 g/mol. The van der Waals surface area contributed by atoms with Crippen LogP contribution >= 0.6 is 11.6 Å². The zero-order valence-electron chi connectivity index (χ0n) is 15.0. The van der Waals surface area contributed by atoms with Crippen molar-refractivity contribution in [3.05, 3.63) is 47.7 Å². The van der Waals surface area contributed by atoms with E-state index < -0.39 is 12.1 Å². The molecular formula is C18H15ClF3N5O2. The highest BCUT2D eigenvalue weighted by Crippen LogP contribution is 2.32. The average molecular weight is 426 g/mol. The molecule has 0 aliphatic rings. The number of aromatic nitrogens is 2. The largest absolute Gasteiger partial charge is 0.573 e. The summed E-state index contributed by atoms with van der Waals surface area (Å²) in [5.74, 6) is -0.421. The first-order valence-corrected chi connectivity index (χ1v) is 8.74. The van der Waals surface area contributed by atoms with Gasteiger partial charge in [0.15, 0.2) is 5.65 Å². The van der Waals surface area contributed by atoms with Gasteiger partial charge < -0.3 is 20.7 Å². The second-order valence-corrected chi connectivity index (χ2v) is 6.20. The smallest absolute Gasteiger partial charge is 0.406 e. The predicted octanol–water partition coefficient (Wildman–Crippen LogP) is 5.07. The quantitative estimate of drug-likeness (QED) is 0.531. The number of hydrogen-bond donors (Lipinski definition) is 3. The Hall–Kier alpha value is -3.27. The number of pyridine rings is 2. The molecule has 0 fully saturated rings. The van der Waals surface area contributed by atoms with Gasteiger partial charge >= 0.3 is 12.4 Å². The van der Waals surface area contributed by atoms with Crippen molar-refractivity contribution in [3.8, 4) is 5.75 Å². The first kappa shape index (κ1) is 20.5. The summed E-state index contributed by atoms with van der Waals surface area (Å²) in [7, 11) is 0. The number of halogens is 4. The highest BCUT2D eigenvalue weighted by Gasteiger charge is 2.31. The number of nitrogens with zero attached hydrogens (tertiary/aromatic N) is 2. The molecule has 29 heavy (non-hydrogen) atoms.